The van der Waals surface area contributed by atoms with Gasteiger partial charge in [0.05, 0.1) is 0 Å². The molecule has 0 spiro atoms. The highest BCUT2D eigenvalue weighted by atomic mass is 14.4. The summed E-state index contributed by atoms with van der Waals surface area (Å²) in [5.41, 5.74) is 0. The lowest BCUT2D eigenvalue weighted by molar-refractivity contribution is 0.0487. The molecule has 47 heavy (non-hydrogen) atoms. The minimum absolute atomic E-state index is 0.981. The second-order valence-electron chi connectivity index (χ2n) is 17.8. The molecule has 0 aliphatic heterocycles. The fraction of sp³-hybridized carbons (Fsp3) is 1.00. The van der Waals surface area contributed by atoms with Crippen molar-refractivity contribution in [3.63, 3.8) is 0 Å². The van der Waals surface area contributed by atoms with Crippen LogP contribution in [0.2, 0.25) is 0 Å². The average molecular weight is 657 g/mol. The molecule has 2 aliphatic carbocycles. The molecule has 280 valence electrons. The highest BCUT2D eigenvalue weighted by molar-refractivity contribution is 4.89. The number of rotatable bonds is 32. The van der Waals surface area contributed by atoms with E-state index in [2.05, 4.69) is 27.7 Å². The van der Waals surface area contributed by atoms with Gasteiger partial charge in [-0.05, 0) is 61.2 Å². The third-order valence-electron chi connectivity index (χ3n) is 13.3. The van der Waals surface area contributed by atoms with Crippen molar-refractivity contribution in [3.8, 4) is 0 Å². The number of hydrogen-bond donors (Lipinski definition) is 0. The Morgan fingerprint density at radius 3 is 1.04 bits per heavy atom. The number of hydrogen-bond acceptors (Lipinski definition) is 0. The van der Waals surface area contributed by atoms with E-state index in [1.807, 2.05) is 0 Å². The summed E-state index contributed by atoms with van der Waals surface area (Å²) in [6, 6.07) is 0. The molecule has 2 aliphatic rings. The van der Waals surface area contributed by atoms with Crippen LogP contribution < -0.4 is 0 Å². The molecule has 0 nitrogen and oxygen atoms in total. The Bertz CT molecular complexity index is 596. The second-order valence-corrected chi connectivity index (χ2v) is 17.8. The van der Waals surface area contributed by atoms with Gasteiger partial charge in [0.15, 0.2) is 0 Å². The molecule has 0 aromatic heterocycles. The van der Waals surface area contributed by atoms with Crippen LogP contribution in [0.25, 0.3) is 0 Å². The molecule has 0 N–H and O–H groups in total. The molecule has 0 amide bonds. The Morgan fingerprint density at radius 2 is 0.681 bits per heavy atom. The monoisotopic (exact) mass is 657 g/mol. The first kappa shape index (κ1) is 43.2. The SMILES string of the molecule is CCCCCCCCCCCCCCCCC(CCCCCCCCCCCCCCCC)C1CC(C)CCC1C1CCC(C)CC1. The van der Waals surface area contributed by atoms with Crippen LogP contribution in [0.4, 0.5) is 0 Å². The fourth-order valence-electron chi connectivity index (χ4n) is 10.1. The standard InChI is InChI=1S/C47H92/c1-5-7-9-11-13-15-17-19-21-23-25-27-29-31-33-44(34-32-30-28-26-24-22-20-18-16-14-12-10-8-6-2)47-41-43(4)37-40-46(47)45-38-35-42(3)36-39-45/h42-47H,5-41H2,1-4H3. The van der Waals surface area contributed by atoms with E-state index in [1.165, 1.54) is 199 Å². The van der Waals surface area contributed by atoms with Gasteiger partial charge < -0.3 is 0 Å². The highest BCUT2D eigenvalue weighted by Gasteiger charge is 2.38. The van der Waals surface area contributed by atoms with Gasteiger partial charge in [0.25, 0.3) is 0 Å². The Hall–Kier alpha value is 0. The van der Waals surface area contributed by atoms with E-state index in [1.54, 1.807) is 38.5 Å². The van der Waals surface area contributed by atoms with Crippen molar-refractivity contribution in [2.75, 3.05) is 0 Å². The summed E-state index contributed by atoms with van der Waals surface area (Å²) in [7, 11) is 0. The van der Waals surface area contributed by atoms with Crippen LogP contribution in [0.15, 0.2) is 0 Å². The first-order chi connectivity index (χ1) is 23.2. The van der Waals surface area contributed by atoms with Gasteiger partial charge >= 0.3 is 0 Å². The highest BCUT2D eigenvalue weighted by Crippen LogP contribution is 2.49. The van der Waals surface area contributed by atoms with Crippen molar-refractivity contribution in [3.05, 3.63) is 0 Å². The van der Waals surface area contributed by atoms with Crippen molar-refractivity contribution in [2.45, 2.75) is 265 Å². The van der Waals surface area contributed by atoms with Crippen LogP contribution in [0.5, 0.6) is 0 Å². The normalized spacial score (nSPS) is 23.6. The first-order valence-corrected chi connectivity index (χ1v) is 23.2. The van der Waals surface area contributed by atoms with Crippen LogP contribution in [-0.4, -0.2) is 0 Å². The molecule has 0 aromatic rings. The van der Waals surface area contributed by atoms with Gasteiger partial charge in [0, 0.05) is 0 Å². The van der Waals surface area contributed by atoms with E-state index in [9.17, 15) is 0 Å². The fourth-order valence-corrected chi connectivity index (χ4v) is 10.1. The van der Waals surface area contributed by atoms with Crippen LogP contribution in [0, 0.1) is 35.5 Å². The molecule has 0 saturated heterocycles. The van der Waals surface area contributed by atoms with E-state index in [0.717, 1.165) is 35.5 Å². The lowest BCUT2D eigenvalue weighted by Gasteiger charge is -2.45. The zero-order valence-corrected chi connectivity index (χ0v) is 33.6. The quantitative estimate of drug-likeness (QED) is 0.0632. The zero-order chi connectivity index (χ0) is 33.6. The topological polar surface area (TPSA) is 0 Å². The summed E-state index contributed by atoms with van der Waals surface area (Å²) < 4.78 is 0. The van der Waals surface area contributed by atoms with Crippen molar-refractivity contribution >= 4 is 0 Å². The van der Waals surface area contributed by atoms with Crippen molar-refractivity contribution in [2.24, 2.45) is 35.5 Å². The predicted molar refractivity (Wildman–Crippen MR) is 214 cm³/mol. The smallest absolute Gasteiger partial charge is 0.0352 e. The second kappa shape index (κ2) is 30.8. The Kier molecular flexibility index (Phi) is 28.3. The van der Waals surface area contributed by atoms with Crippen molar-refractivity contribution in [1.29, 1.82) is 0 Å². The lowest BCUT2D eigenvalue weighted by atomic mass is 9.60. The minimum Gasteiger partial charge on any atom is -0.0654 e. The first-order valence-electron chi connectivity index (χ1n) is 23.2. The van der Waals surface area contributed by atoms with Gasteiger partial charge in [0.1, 0.15) is 0 Å². The van der Waals surface area contributed by atoms with E-state index >= 15 is 0 Å². The molecule has 0 heteroatoms. The summed E-state index contributed by atoms with van der Waals surface area (Å²) in [6.45, 7) is 9.77. The third-order valence-corrected chi connectivity index (χ3v) is 13.3. The average Bonchev–Trinajstić information content (AvgIpc) is 3.08. The van der Waals surface area contributed by atoms with Crippen LogP contribution in [0.1, 0.15) is 265 Å². The summed E-state index contributed by atoms with van der Waals surface area (Å²) in [6.07, 6.45) is 55.5. The van der Waals surface area contributed by atoms with Gasteiger partial charge in [-0.2, -0.15) is 0 Å². The molecule has 0 aromatic carbocycles. The summed E-state index contributed by atoms with van der Waals surface area (Å²) in [5.74, 6) is 6.21. The summed E-state index contributed by atoms with van der Waals surface area (Å²) >= 11 is 0. The van der Waals surface area contributed by atoms with E-state index < -0.39 is 0 Å². The molecule has 0 radical (unpaired) electrons. The summed E-state index contributed by atoms with van der Waals surface area (Å²) in [4.78, 5) is 0. The van der Waals surface area contributed by atoms with E-state index in [-0.39, 0.29) is 0 Å². The third kappa shape index (κ3) is 22.4. The van der Waals surface area contributed by atoms with Crippen molar-refractivity contribution < 1.29 is 0 Å². The maximum atomic E-state index is 2.60. The van der Waals surface area contributed by atoms with Gasteiger partial charge in [0.2, 0.25) is 0 Å². The minimum atomic E-state index is 0.981. The molecule has 3 unspecified atom stereocenters. The largest absolute Gasteiger partial charge is 0.0654 e. The van der Waals surface area contributed by atoms with Gasteiger partial charge in [-0.3, -0.25) is 0 Å². The van der Waals surface area contributed by atoms with E-state index in [4.69, 9.17) is 0 Å². The molecule has 0 bridgehead atoms. The maximum Gasteiger partial charge on any atom is -0.0352 e. The molecular weight excluding hydrogens is 565 g/mol. The molecule has 0 heterocycles. The Balaban J connectivity index is 1.66. The van der Waals surface area contributed by atoms with Gasteiger partial charge in [-0.15, -0.1) is 0 Å². The van der Waals surface area contributed by atoms with Crippen molar-refractivity contribution in [1.82, 2.24) is 0 Å². The van der Waals surface area contributed by atoms with Crippen LogP contribution in [-0.2, 0) is 0 Å². The van der Waals surface area contributed by atoms with Gasteiger partial charge in [-0.25, -0.2) is 0 Å². The van der Waals surface area contributed by atoms with Crippen LogP contribution in [0.3, 0.4) is 0 Å². The summed E-state index contributed by atoms with van der Waals surface area (Å²) in [5, 5.41) is 0. The molecule has 3 atom stereocenters. The Labute approximate surface area is 300 Å². The number of unbranched alkanes of at least 4 members (excludes halogenated alkanes) is 26. The molecule has 2 saturated carbocycles. The van der Waals surface area contributed by atoms with Gasteiger partial charge in [-0.1, -0.05) is 240 Å². The maximum absolute atomic E-state index is 2.60. The molecular formula is C47H92. The Morgan fingerprint density at radius 1 is 0.362 bits per heavy atom. The van der Waals surface area contributed by atoms with E-state index in [0.29, 0.717) is 0 Å². The van der Waals surface area contributed by atoms with Crippen LogP contribution >= 0.6 is 0 Å². The lowest BCUT2D eigenvalue weighted by Crippen LogP contribution is -2.36. The molecule has 2 rings (SSSR count). The molecule has 2 fully saturated rings. The predicted octanol–water partition coefficient (Wildman–Crippen LogP) is 17.2. The zero-order valence-electron chi connectivity index (χ0n) is 33.6.